The Balaban J connectivity index is 1.65. The van der Waals surface area contributed by atoms with Gasteiger partial charge in [0.15, 0.2) is 17.5 Å². The van der Waals surface area contributed by atoms with Gasteiger partial charge in [-0.15, -0.1) is 0 Å². The highest BCUT2D eigenvalue weighted by molar-refractivity contribution is 5.81. The molecule has 4 rings (SSSR count). The molecule has 2 N–H and O–H groups in total. The molecule has 5 heteroatoms. The monoisotopic (exact) mass is 259 g/mol. The van der Waals surface area contributed by atoms with Crippen LogP contribution in [-0.2, 0) is 0 Å². The van der Waals surface area contributed by atoms with Crippen LogP contribution in [0.4, 0.5) is 0 Å². The zero-order valence-electron chi connectivity index (χ0n) is 10.7. The molecule has 0 saturated heterocycles. The molecule has 0 spiro atoms. The molecule has 3 aliphatic rings. The Bertz CT molecular complexity index is 539. The summed E-state index contributed by atoms with van der Waals surface area (Å²) < 4.78 is 11.2. The third kappa shape index (κ3) is 1.80. The number of nitrogens with two attached hydrogens (primary N) is 1. The van der Waals surface area contributed by atoms with Gasteiger partial charge < -0.3 is 20.1 Å². The van der Waals surface area contributed by atoms with Crippen LogP contribution in [-0.4, -0.2) is 36.7 Å². The highest BCUT2D eigenvalue weighted by Gasteiger charge is 2.39. The molecule has 19 heavy (non-hydrogen) atoms. The highest BCUT2D eigenvalue weighted by Crippen LogP contribution is 2.40. The molecule has 1 aliphatic carbocycles. The van der Waals surface area contributed by atoms with E-state index in [1.807, 2.05) is 6.07 Å². The number of benzene rings is 1. The van der Waals surface area contributed by atoms with Crippen molar-refractivity contribution in [3.8, 4) is 11.5 Å². The number of fused-ring (bicyclic) bond motifs is 1. The fourth-order valence-corrected chi connectivity index (χ4v) is 2.84. The highest BCUT2D eigenvalue weighted by atomic mass is 16.6. The van der Waals surface area contributed by atoms with E-state index in [1.54, 1.807) is 0 Å². The van der Waals surface area contributed by atoms with E-state index in [4.69, 9.17) is 15.2 Å². The first-order chi connectivity index (χ1) is 9.33. The molecule has 100 valence electrons. The van der Waals surface area contributed by atoms with Crippen LogP contribution < -0.4 is 15.2 Å². The Morgan fingerprint density at radius 1 is 1.16 bits per heavy atom. The number of rotatable bonds is 2. The van der Waals surface area contributed by atoms with Gasteiger partial charge in [-0.1, -0.05) is 6.07 Å². The van der Waals surface area contributed by atoms with E-state index in [9.17, 15) is 0 Å². The molecule has 0 bridgehead atoms. The van der Waals surface area contributed by atoms with E-state index < -0.39 is 0 Å². The summed E-state index contributed by atoms with van der Waals surface area (Å²) in [5.74, 6) is 2.35. The van der Waals surface area contributed by atoms with Crippen LogP contribution in [0, 0.1) is 0 Å². The number of aliphatic imine (C=N–C) groups is 1. The first-order valence-electron chi connectivity index (χ1n) is 6.81. The molecule has 1 aromatic carbocycles. The number of guanidine groups is 1. The SMILES string of the molecule is NC1=NCC(c2ccc3c(c2)OCCO3)N1C1CC1. The molecule has 0 amide bonds. The van der Waals surface area contributed by atoms with Gasteiger partial charge in [0.1, 0.15) is 13.2 Å². The maximum Gasteiger partial charge on any atom is 0.192 e. The number of hydrogen-bond acceptors (Lipinski definition) is 5. The first kappa shape index (κ1) is 11.0. The second-order valence-electron chi connectivity index (χ2n) is 5.26. The molecule has 1 saturated carbocycles. The molecular weight excluding hydrogens is 242 g/mol. The zero-order valence-corrected chi connectivity index (χ0v) is 10.7. The van der Waals surface area contributed by atoms with Gasteiger partial charge in [0, 0.05) is 6.04 Å². The minimum Gasteiger partial charge on any atom is -0.486 e. The van der Waals surface area contributed by atoms with Crippen molar-refractivity contribution in [2.45, 2.75) is 24.9 Å². The molecule has 1 fully saturated rings. The van der Waals surface area contributed by atoms with E-state index in [1.165, 1.54) is 18.4 Å². The van der Waals surface area contributed by atoms with E-state index >= 15 is 0 Å². The summed E-state index contributed by atoms with van der Waals surface area (Å²) in [4.78, 5) is 6.65. The van der Waals surface area contributed by atoms with Crippen molar-refractivity contribution in [1.82, 2.24) is 4.90 Å². The largest absolute Gasteiger partial charge is 0.486 e. The third-order valence-electron chi connectivity index (χ3n) is 3.92. The van der Waals surface area contributed by atoms with E-state index in [-0.39, 0.29) is 6.04 Å². The normalized spacial score (nSPS) is 25.4. The van der Waals surface area contributed by atoms with Crippen LogP contribution in [0.1, 0.15) is 24.4 Å². The fraction of sp³-hybridized carbons (Fsp3) is 0.500. The lowest BCUT2D eigenvalue weighted by atomic mass is 10.1. The average Bonchev–Trinajstić information content (AvgIpc) is 3.21. The van der Waals surface area contributed by atoms with Crippen LogP contribution in [0.2, 0.25) is 0 Å². The number of hydrogen-bond donors (Lipinski definition) is 1. The maximum absolute atomic E-state index is 6.01. The van der Waals surface area contributed by atoms with Gasteiger partial charge in [0.25, 0.3) is 0 Å². The molecule has 5 nitrogen and oxygen atoms in total. The topological polar surface area (TPSA) is 60.1 Å². The molecule has 2 aliphatic heterocycles. The standard InChI is InChI=1S/C14H17N3O2/c15-14-16-8-11(17(14)10-2-3-10)9-1-4-12-13(7-9)19-6-5-18-12/h1,4,7,10-11H,2-3,5-6,8H2,(H2,15,16). The van der Waals surface area contributed by atoms with Gasteiger partial charge >= 0.3 is 0 Å². The quantitative estimate of drug-likeness (QED) is 0.869. The van der Waals surface area contributed by atoms with E-state index in [2.05, 4.69) is 22.0 Å². The van der Waals surface area contributed by atoms with Gasteiger partial charge in [-0.2, -0.15) is 0 Å². The van der Waals surface area contributed by atoms with Crippen LogP contribution in [0.3, 0.4) is 0 Å². The van der Waals surface area contributed by atoms with Crippen LogP contribution in [0.5, 0.6) is 11.5 Å². The van der Waals surface area contributed by atoms with E-state index in [0.29, 0.717) is 25.2 Å². The summed E-state index contributed by atoms with van der Waals surface area (Å²) in [6, 6.07) is 6.99. The Kier molecular flexibility index (Phi) is 2.33. The van der Waals surface area contributed by atoms with Crippen LogP contribution >= 0.6 is 0 Å². The minimum atomic E-state index is 0.253. The number of nitrogens with zero attached hydrogens (tertiary/aromatic N) is 2. The Morgan fingerprint density at radius 3 is 2.74 bits per heavy atom. The smallest absolute Gasteiger partial charge is 0.192 e. The molecule has 1 atom stereocenters. The predicted octanol–water partition coefficient (Wildman–Crippen LogP) is 1.29. The summed E-state index contributed by atoms with van der Waals surface area (Å²) in [5.41, 5.74) is 7.21. The average molecular weight is 259 g/mol. The molecule has 2 heterocycles. The van der Waals surface area contributed by atoms with Crippen molar-refractivity contribution in [3.63, 3.8) is 0 Å². The van der Waals surface area contributed by atoms with Crippen LogP contribution in [0.25, 0.3) is 0 Å². The predicted molar refractivity (Wildman–Crippen MR) is 71.5 cm³/mol. The molecule has 0 radical (unpaired) electrons. The van der Waals surface area contributed by atoms with Crippen LogP contribution in [0.15, 0.2) is 23.2 Å². The zero-order chi connectivity index (χ0) is 12.8. The minimum absolute atomic E-state index is 0.253. The summed E-state index contributed by atoms with van der Waals surface area (Å²) in [6.07, 6.45) is 2.44. The maximum atomic E-state index is 6.01. The molecule has 1 aromatic rings. The molecular formula is C14H17N3O2. The lowest BCUT2D eigenvalue weighted by Crippen LogP contribution is -2.37. The Morgan fingerprint density at radius 2 is 1.95 bits per heavy atom. The Labute approximate surface area is 112 Å². The van der Waals surface area contributed by atoms with Crippen molar-refractivity contribution in [1.29, 1.82) is 0 Å². The van der Waals surface area contributed by atoms with Gasteiger partial charge in [-0.25, -0.2) is 0 Å². The van der Waals surface area contributed by atoms with Gasteiger partial charge in [0.05, 0.1) is 12.6 Å². The summed E-state index contributed by atoms with van der Waals surface area (Å²) in [7, 11) is 0. The summed E-state index contributed by atoms with van der Waals surface area (Å²) in [5, 5.41) is 0. The van der Waals surface area contributed by atoms with Crippen molar-refractivity contribution in [3.05, 3.63) is 23.8 Å². The van der Waals surface area contributed by atoms with Gasteiger partial charge in [0.2, 0.25) is 0 Å². The molecule has 0 aromatic heterocycles. The van der Waals surface area contributed by atoms with Gasteiger partial charge in [-0.05, 0) is 30.5 Å². The third-order valence-corrected chi connectivity index (χ3v) is 3.92. The van der Waals surface area contributed by atoms with Crippen molar-refractivity contribution < 1.29 is 9.47 Å². The Hall–Kier alpha value is -1.91. The lowest BCUT2D eigenvalue weighted by Gasteiger charge is -2.27. The number of ether oxygens (including phenoxy) is 2. The van der Waals surface area contributed by atoms with Crippen molar-refractivity contribution in [2.24, 2.45) is 10.7 Å². The van der Waals surface area contributed by atoms with Crippen molar-refractivity contribution >= 4 is 5.96 Å². The summed E-state index contributed by atoms with van der Waals surface area (Å²) in [6.45, 7) is 1.98. The molecule has 1 unspecified atom stereocenters. The lowest BCUT2D eigenvalue weighted by molar-refractivity contribution is 0.171. The second-order valence-corrected chi connectivity index (χ2v) is 5.26. The fourth-order valence-electron chi connectivity index (χ4n) is 2.84. The van der Waals surface area contributed by atoms with Gasteiger partial charge in [-0.3, -0.25) is 4.99 Å². The second kappa shape index (κ2) is 4.05. The van der Waals surface area contributed by atoms with Crippen molar-refractivity contribution in [2.75, 3.05) is 19.8 Å². The summed E-state index contributed by atoms with van der Waals surface area (Å²) >= 11 is 0. The van der Waals surface area contributed by atoms with E-state index in [0.717, 1.165) is 18.0 Å². The first-order valence-corrected chi connectivity index (χ1v) is 6.81.